The molecule has 2 fully saturated rings. The third-order valence-corrected chi connectivity index (χ3v) is 9.74. The number of aryl methyl sites for hydroxylation is 1. The number of aromatic nitrogens is 3. The van der Waals surface area contributed by atoms with Gasteiger partial charge in [-0.25, -0.2) is 9.18 Å². The van der Waals surface area contributed by atoms with E-state index in [-0.39, 0.29) is 23.1 Å². The van der Waals surface area contributed by atoms with Gasteiger partial charge < -0.3 is 21.2 Å². The number of likely N-dealkylation sites (tertiary alicyclic amines) is 1. The Morgan fingerprint density at radius 1 is 1.20 bits per heavy atom. The number of hydrogen-bond acceptors (Lipinski definition) is 6. The number of benzene rings is 2. The first-order valence-corrected chi connectivity index (χ1v) is 16.2. The summed E-state index contributed by atoms with van der Waals surface area (Å²) < 4.78 is 21.9. The van der Waals surface area contributed by atoms with Gasteiger partial charge in [-0.2, -0.15) is 4.98 Å². The number of hydrogen-bond donors (Lipinski definition) is 4. The van der Waals surface area contributed by atoms with Crippen LogP contribution in [0.2, 0.25) is 5.02 Å². The number of nitrogens with one attached hydrogen (secondary N) is 2. The molecule has 1 saturated carbocycles. The first-order valence-electron chi connectivity index (χ1n) is 15.8. The van der Waals surface area contributed by atoms with Crippen LogP contribution in [0.5, 0.6) is 0 Å². The van der Waals surface area contributed by atoms with Crippen LogP contribution in [0, 0.1) is 17.1 Å². The summed E-state index contributed by atoms with van der Waals surface area (Å²) in [7, 11) is 2.12. The standard InChI is InChI=1S/C34H41ClFN7O2/c1-42-24(14-15-45-33(38)39)5-3-7-30(42)22-10-12-25(13-11-22)43-19-23-18-29(40-32(23)41-34(43)44)26-16-20(17-27(35)31(26)36)4-2-6-28(37)21-8-9-21/h10-13,16-19,21,24,28,30H,2-9,14-15,37H2,1H3,(H3,38,39)(H,40,41,44)/t24-,28?,30-/m0/s1. The topological polar surface area (TPSA) is 139 Å². The van der Waals surface area contributed by atoms with Crippen LogP contribution in [0.4, 0.5) is 4.39 Å². The van der Waals surface area contributed by atoms with E-state index in [1.807, 2.05) is 18.2 Å². The first-order chi connectivity index (χ1) is 21.7. The third-order valence-electron chi connectivity index (χ3n) is 9.46. The number of piperidine rings is 1. The maximum Gasteiger partial charge on any atom is 0.354 e. The van der Waals surface area contributed by atoms with Gasteiger partial charge in [0.05, 0.1) is 23.0 Å². The van der Waals surface area contributed by atoms with E-state index in [1.165, 1.54) is 23.0 Å². The van der Waals surface area contributed by atoms with Gasteiger partial charge in [0, 0.05) is 35.3 Å². The first kappa shape index (κ1) is 31.3. The smallest absolute Gasteiger partial charge is 0.354 e. The molecular formula is C34H41ClFN7O2. The van der Waals surface area contributed by atoms with E-state index in [0.717, 1.165) is 50.5 Å². The minimum atomic E-state index is -0.506. The number of nitrogens with zero attached hydrogens (tertiary/aromatic N) is 3. The van der Waals surface area contributed by atoms with Gasteiger partial charge in [-0.1, -0.05) is 23.7 Å². The van der Waals surface area contributed by atoms with Crippen molar-refractivity contribution in [3.8, 4) is 16.9 Å². The largest absolute Gasteiger partial charge is 0.466 e. The molecule has 0 bridgehead atoms. The average Bonchev–Trinajstić information content (AvgIpc) is 3.79. The van der Waals surface area contributed by atoms with Crippen LogP contribution in [-0.2, 0) is 11.2 Å². The maximum atomic E-state index is 15.2. The van der Waals surface area contributed by atoms with Gasteiger partial charge >= 0.3 is 5.69 Å². The predicted octanol–water partition coefficient (Wildman–Crippen LogP) is 6.06. The number of rotatable bonds is 11. The number of amidine groups is 1. The second-order valence-electron chi connectivity index (χ2n) is 12.6. The summed E-state index contributed by atoms with van der Waals surface area (Å²) in [5.41, 5.74) is 15.3. The molecule has 6 N–H and O–H groups in total. The molecule has 0 amide bonds. The lowest BCUT2D eigenvalue weighted by atomic mass is 9.90. The van der Waals surface area contributed by atoms with E-state index in [0.29, 0.717) is 46.5 Å². The Hall–Kier alpha value is -3.73. The van der Waals surface area contributed by atoms with Crippen LogP contribution in [0.25, 0.3) is 28.0 Å². The lowest BCUT2D eigenvalue weighted by Crippen LogP contribution is -2.39. The van der Waals surface area contributed by atoms with E-state index >= 15 is 4.39 Å². The summed E-state index contributed by atoms with van der Waals surface area (Å²) in [6, 6.07) is 13.9. The molecule has 2 aromatic carbocycles. The van der Waals surface area contributed by atoms with E-state index in [2.05, 4.69) is 34.0 Å². The number of ether oxygens (including phenoxy) is 1. The molecule has 2 aliphatic rings. The van der Waals surface area contributed by atoms with Gasteiger partial charge in [-0.05, 0) is 112 Å². The van der Waals surface area contributed by atoms with Crippen LogP contribution in [0.15, 0.2) is 53.5 Å². The molecular weight excluding hydrogens is 593 g/mol. The molecule has 1 saturated heterocycles. The number of fused-ring (bicyclic) bond motifs is 1. The second-order valence-corrected chi connectivity index (χ2v) is 13.0. The van der Waals surface area contributed by atoms with Crippen LogP contribution in [0.3, 0.4) is 0 Å². The molecule has 4 aromatic rings. The highest BCUT2D eigenvalue weighted by Crippen LogP contribution is 2.36. The minimum absolute atomic E-state index is 0.0691. The summed E-state index contributed by atoms with van der Waals surface area (Å²) in [5.74, 6) is 0.147. The van der Waals surface area contributed by atoms with Crippen molar-refractivity contribution in [3.63, 3.8) is 0 Å². The van der Waals surface area contributed by atoms with Crippen molar-refractivity contribution in [2.45, 2.75) is 75.9 Å². The van der Waals surface area contributed by atoms with Crippen LogP contribution < -0.4 is 17.2 Å². The highest BCUT2D eigenvalue weighted by atomic mass is 35.5. The van der Waals surface area contributed by atoms with Crippen molar-refractivity contribution in [2.24, 2.45) is 17.4 Å². The summed E-state index contributed by atoms with van der Waals surface area (Å²) in [6.07, 6.45) is 10.8. The van der Waals surface area contributed by atoms with Gasteiger partial charge in [-0.15, -0.1) is 0 Å². The normalized spacial score (nSPS) is 19.6. The fraction of sp³-hybridized carbons (Fsp3) is 0.441. The van der Waals surface area contributed by atoms with E-state index in [9.17, 15) is 4.79 Å². The second kappa shape index (κ2) is 13.3. The SMILES string of the molecule is CN1[C@H](CCOC(=N)N)CCC[C@H]1c1ccc(-n2cc3cc(-c4cc(CCCC(N)C5CC5)cc(Cl)c4F)[nH]c3nc2=O)cc1. The van der Waals surface area contributed by atoms with Crippen molar-refractivity contribution in [2.75, 3.05) is 13.7 Å². The fourth-order valence-electron chi connectivity index (χ4n) is 6.73. The molecule has 238 valence electrons. The van der Waals surface area contributed by atoms with Crippen LogP contribution in [0.1, 0.15) is 68.5 Å². The van der Waals surface area contributed by atoms with Gasteiger partial charge in [0.1, 0.15) is 5.65 Å². The van der Waals surface area contributed by atoms with Crippen LogP contribution in [-0.4, -0.2) is 51.2 Å². The highest BCUT2D eigenvalue weighted by molar-refractivity contribution is 6.31. The molecule has 3 heterocycles. The molecule has 0 spiro atoms. The fourth-order valence-corrected chi connectivity index (χ4v) is 6.97. The Morgan fingerprint density at radius 3 is 2.71 bits per heavy atom. The van der Waals surface area contributed by atoms with Crippen molar-refractivity contribution in [1.82, 2.24) is 19.4 Å². The maximum absolute atomic E-state index is 15.2. The molecule has 2 aromatic heterocycles. The van der Waals surface area contributed by atoms with E-state index in [1.54, 1.807) is 18.3 Å². The predicted molar refractivity (Wildman–Crippen MR) is 176 cm³/mol. The Kier molecular flexibility index (Phi) is 9.26. The number of nitrogens with two attached hydrogens (primary N) is 2. The lowest BCUT2D eigenvalue weighted by Gasteiger charge is -2.40. The van der Waals surface area contributed by atoms with Gasteiger partial charge in [0.15, 0.2) is 5.82 Å². The van der Waals surface area contributed by atoms with E-state index < -0.39 is 11.5 Å². The number of aromatic amines is 1. The Morgan fingerprint density at radius 2 is 1.98 bits per heavy atom. The van der Waals surface area contributed by atoms with Gasteiger partial charge in [0.2, 0.25) is 0 Å². The molecule has 9 nitrogen and oxygen atoms in total. The van der Waals surface area contributed by atoms with Gasteiger partial charge in [0.25, 0.3) is 6.02 Å². The summed E-state index contributed by atoms with van der Waals surface area (Å²) >= 11 is 6.32. The summed E-state index contributed by atoms with van der Waals surface area (Å²) in [6.45, 7) is 0.426. The molecule has 45 heavy (non-hydrogen) atoms. The van der Waals surface area contributed by atoms with Crippen molar-refractivity contribution in [3.05, 3.63) is 81.1 Å². The average molecular weight is 634 g/mol. The minimum Gasteiger partial charge on any atom is -0.466 e. The van der Waals surface area contributed by atoms with Crippen molar-refractivity contribution >= 4 is 28.7 Å². The zero-order valence-corrected chi connectivity index (χ0v) is 26.3. The van der Waals surface area contributed by atoms with Crippen LogP contribution >= 0.6 is 11.6 Å². The molecule has 0 radical (unpaired) electrons. The van der Waals surface area contributed by atoms with E-state index in [4.69, 9.17) is 33.2 Å². The summed E-state index contributed by atoms with van der Waals surface area (Å²) in [4.78, 5) is 22.9. The Bertz CT molecular complexity index is 1730. The lowest BCUT2D eigenvalue weighted by molar-refractivity contribution is 0.0940. The molecule has 3 atom stereocenters. The zero-order chi connectivity index (χ0) is 31.7. The molecule has 1 aliphatic carbocycles. The monoisotopic (exact) mass is 633 g/mol. The Labute approximate surface area is 267 Å². The van der Waals surface area contributed by atoms with Crippen molar-refractivity contribution in [1.29, 1.82) is 5.41 Å². The number of halogens is 2. The summed E-state index contributed by atoms with van der Waals surface area (Å²) in [5, 5.41) is 8.04. The molecule has 1 aliphatic heterocycles. The van der Waals surface area contributed by atoms with Crippen molar-refractivity contribution < 1.29 is 9.13 Å². The molecule has 1 unspecified atom stereocenters. The zero-order valence-electron chi connectivity index (χ0n) is 25.6. The third kappa shape index (κ3) is 7.08. The Balaban J connectivity index is 1.19. The highest BCUT2D eigenvalue weighted by Gasteiger charge is 2.29. The molecule has 11 heteroatoms. The molecule has 6 rings (SSSR count). The number of H-pyrrole nitrogens is 1. The van der Waals surface area contributed by atoms with Gasteiger partial charge in [-0.3, -0.25) is 14.9 Å². The quantitative estimate of drug-likeness (QED) is 0.117.